The minimum atomic E-state index is -0.890. The molecule has 0 aliphatic heterocycles. The fraction of sp³-hybridized carbons (Fsp3) is 0.600. The van der Waals surface area contributed by atoms with Gasteiger partial charge in [0, 0.05) is 17.3 Å². The minimum absolute atomic E-state index is 0.0485. The summed E-state index contributed by atoms with van der Waals surface area (Å²) in [5.74, 6) is -0.967. The average molecular weight is 376 g/mol. The molecule has 0 saturated carbocycles. The van der Waals surface area contributed by atoms with Crippen LogP contribution < -0.4 is 5.32 Å². The number of halogens is 1. The highest BCUT2D eigenvalue weighted by molar-refractivity contribution is 9.11. The highest BCUT2D eigenvalue weighted by Gasteiger charge is 2.28. The summed E-state index contributed by atoms with van der Waals surface area (Å²) >= 11 is 5.09. The van der Waals surface area contributed by atoms with Crippen molar-refractivity contribution in [3.05, 3.63) is 20.8 Å². The van der Waals surface area contributed by atoms with E-state index in [-0.39, 0.29) is 23.8 Å². The van der Waals surface area contributed by atoms with Gasteiger partial charge >= 0.3 is 5.97 Å². The lowest BCUT2D eigenvalue weighted by Crippen LogP contribution is -2.45. The number of hydrogen-bond acceptors (Lipinski definition) is 3. The van der Waals surface area contributed by atoms with E-state index < -0.39 is 5.97 Å². The Morgan fingerprint density at radius 1 is 1.38 bits per heavy atom. The number of amides is 1. The quantitative estimate of drug-likeness (QED) is 0.760. The molecule has 118 valence electrons. The van der Waals surface area contributed by atoms with Crippen LogP contribution in [0.3, 0.4) is 0 Å². The van der Waals surface area contributed by atoms with Gasteiger partial charge in [-0.3, -0.25) is 9.59 Å². The van der Waals surface area contributed by atoms with Crippen LogP contribution in [0, 0.1) is 5.41 Å². The molecule has 6 heteroatoms. The highest BCUT2D eigenvalue weighted by atomic mass is 79.9. The lowest BCUT2D eigenvalue weighted by molar-refractivity contribution is -0.138. The predicted molar refractivity (Wildman–Crippen MR) is 88.6 cm³/mol. The maximum Gasteiger partial charge on any atom is 0.305 e. The third kappa shape index (κ3) is 7.09. The molecule has 0 aliphatic carbocycles. The summed E-state index contributed by atoms with van der Waals surface area (Å²) in [6.07, 6.45) is 2.00. The van der Waals surface area contributed by atoms with Crippen LogP contribution >= 0.6 is 27.3 Å². The van der Waals surface area contributed by atoms with Gasteiger partial charge in [0.2, 0.25) is 5.91 Å². The summed E-state index contributed by atoms with van der Waals surface area (Å²) in [6, 6.07) is 3.70. The number of carbonyl (C=O) groups is 2. The lowest BCUT2D eigenvalue weighted by atomic mass is 9.84. The maximum atomic E-state index is 12.0. The van der Waals surface area contributed by atoms with Gasteiger partial charge in [-0.15, -0.1) is 11.3 Å². The van der Waals surface area contributed by atoms with E-state index >= 15 is 0 Å². The van der Waals surface area contributed by atoms with Gasteiger partial charge in [-0.05, 0) is 46.3 Å². The molecule has 1 heterocycles. The molecule has 21 heavy (non-hydrogen) atoms. The van der Waals surface area contributed by atoms with Gasteiger partial charge in [0.15, 0.2) is 0 Å². The Morgan fingerprint density at radius 3 is 2.52 bits per heavy atom. The van der Waals surface area contributed by atoms with E-state index in [1.165, 1.54) is 4.88 Å². The molecule has 1 aromatic rings. The molecule has 0 saturated heterocycles. The van der Waals surface area contributed by atoms with Crippen LogP contribution in [-0.2, 0) is 16.0 Å². The second-order valence-corrected chi connectivity index (χ2v) is 8.69. The first kappa shape index (κ1) is 18.2. The largest absolute Gasteiger partial charge is 0.481 e. The summed E-state index contributed by atoms with van der Waals surface area (Å²) in [4.78, 5) is 24.1. The number of aryl methyl sites for hydroxylation is 1. The first-order valence-corrected chi connectivity index (χ1v) is 8.55. The highest BCUT2D eigenvalue weighted by Crippen LogP contribution is 2.24. The van der Waals surface area contributed by atoms with Crippen LogP contribution in [0.25, 0.3) is 0 Å². The Hall–Kier alpha value is -0.880. The van der Waals surface area contributed by atoms with Crippen molar-refractivity contribution in [1.82, 2.24) is 5.32 Å². The van der Waals surface area contributed by atoms with Crippen molar-refractivity contribution in [1.29, 1.82) is 0 Å². The van der Waals surface area contributed by atoms with Crippen LogP contribution in [-0.4, -0.2) is 23.0 Å². The second kappa shape index (κ2) is 7.94. The van der Waals surface area contributed by atoms with Crippen molar-refractivity contribution < 1.29 is 14.7 Å². The maximum absolute atomic E-state index is 12.0. The summed E-state index contributed by atoms with van der Waals surface area (Å²) < 4.78 is 1.09. The van der Waals surface area contributed by atoms with Gasteiger partial charge in [-0.25, -0.2) is 0 Å². The number of nitrogens with one attached hydrogen (secondary N) is 1. The molecular formula is C15H22BrNO3S. The smallest absolute Gasteiger partial charge is 0.305 e. The number of hydrogen-bond donors (Lipinski definition) is 2. The lowest BCUT2D eigenvalue weighted by Gasteiger charge is -2.30. The van der Waals surface area contributed by atoms with Gasteiger partial charge < -0.3 is 10.4 Å². The third-order valence-electron chi connectivity index (χ3n) is 3.22. The van der Waals surface area contributed by atoms with Gasteiger partial charge in [-0.2, -0.15) is 0 Å². The van der Waals surface area contributed by atoms with Gasteiger partial charge in [0.05, 0.1) is 10.2 Å². The van der Waals surface area contributed by atoms with Gasteiger partial charge in [-0.1, -0.05) is 20.8 Å². The summed E-state index contributed by atoms with van der Waals surface area (Å²) in [7, 11) is 0. The van der Waals surface area contributed by atoms with Crippen LogP contribution in [0.15, 0.2) is 15.9 Å². The average Bonchev–Trinajstić information content (AvgIpc) is 2.72. The second-order valence-electron chi connectivity index (χ2n) is 6.14. The first-order valence-electron chi connectivity index (χ1n) is 6.94. The molecule has 1 amide bonds. The van der Waals surface area contributed by atoms with Gasteiger partial charge in [0.25, 0.3) is 0 Å². The van der Waals surface area contributed by atoms with E-state index in [9.17, 15) is 9.59 Å². The van der Waals surface area contributed by atoms with E-state index in [1.54, 1.807) is 11.3 Å². The molecule has 0 aromatic carbocycles. The Bertz CT molecular complexity index is 493. The zero-order chi connectivity index (χ0) is 16.0. The summed E-state index contributed by atoms with van der Waals surface area (Å²) in [5, 5.41) is 11.8. The van der Waals surface area contributed by atoms with E-state index in [0.717, 1.165) is 16.6 Å². The molecule has 0 aliphatic rings. The Balaban J connectivity index is 2.41. The SMILES string of the molecule is CC(C)(C)C(CC(=O)O)NC(=O)CCCc1ccc(Br)s1. The van der Waals surface area contributed by atoms with Crippen molar-refractivity contribution in [2.75, 3.05) is 0 Å². The van der Waals surface area contributed by atoms with Crippen LogP contribution in [0.2, 0.25) is 0 Å². The normalized spacial score (nSPS) is 13.0. The number of rotatable bonds is 7. The predicted octanol–water partition coefficient (Wildman–Crippen LogP) is 3.84. The van der Waals surface area contributed by atoms with Crippen molar-refractivity contribution in [2.24, 2.45) is 5.41 Å². The first-order chi connectivity index (χ1) is 9.68. The monoisotopic (exact) mass is 375 g/mol. The van der Waals surface area contributed by atoms with Crippen molar-refractivity contribution >= 4 is 39.1 Å². The van der Waals surface area contributed by atoms with E-state index in [2.05, 4.69) is 27.3 Å². The molecular weight excluding hydrogens is 354 g/mol. The number of thiophene rings is 1. The van der Waals surface area contributed by atoms with Crippen LogP contribution in [0.5, 0.6) is 0 Å². The van der Waals surface area contributed by atoms with Gasteiger partial charge in [0.1, 0.15) is 0 Å². The zero-order valence-electron chi connectivity index (χ0n) is 12.6. The summed E-state index contributed by atoms with van der Waals surface area (Å²) in [6.45, 7) is 5.80. The standard InChI is InChI=1S/C15H22BrNO3S/c1-15(2,3)11(9-14(19)20)17-13(18)6-4-5-10-7-8-12(16)21-10/h7-8,11H,4-6,9H2,1-3H3,(H,17,18)(H,19,20). The molecule has 1 rings (SSSR count). The molecule has 0 bridgehead atoms. The van der Waals surface area contributed by atoms with E-state index in [0.29, 0.717) is 6.42 Å². The molecule has 2 N–H and O–H groups in total. The van der Waals surface area contributed by atoms with E-state index in [1.807, 2.05) is 26.8 Å². The topological polar surface area (TPSA) is 66.4 Å². The van der Waals surface area contributed by atoms with Crippen LogP contribution in [0.4, 0.5) is 0 Å². The van der Waals surface area contributed by atoms with Crippen molar-refractivity contribution in [3.63, 3.8) is 0 Å². The molecule has 1 unspecified atom stereocenters. The Kier molecular flexibility index (Phi) is 6.87. The fourth-order valence-electron chi connectivity index (χ4n) is 1.92. The number of aliphatic carboxylic acids is 1. The summed E-state index contributed by atoms with van der Waals surface area (Å²) in [5.41, 5.74) is -0.271. The molecule has 1 aromatic heterocycles. The Morgan fingerprint density at radius 2 is 2.05 bits per heavy atom. The third-order valence-corrected chi connectivity index (χ3v) is 4.90. The van der Waals surface area contributed by atoms with Crippen LogP contribution in [0.1, 0.15) is 44.9 Å². The zero-order valence-corrected chi connectivity index (χ0v) is 15.0. The Labute approximate surface area is 138 Å². The molecule has 1 atom stereocenters. The van der Waals surface area contributed by atoms with Crippen molar-refractivity contribution in [3.8, 4) is 0 Å². The molecule has 0 fully saturated rings. The minimum Gasteiger partial charge on any atom is -0.481 e. The number of carboxylic acid groups (broad SMARTS) is 1. The number of carboxylic acids is 1. The van der Waals surface area contributed by atoms with Crippen molar-refractivity contribution in [2.45, 2.75) is 52.5 Å². The fourth-order valence-corrected chi connectivity index (χ4v) is 3.45. The molecule has 4 nitrogen and oxygen atoms in total. The molecule has 0 spiro atoms. The number of carbonyl (C=O) groups excluding carboxylic acids is 1. The van der Waals surface area contributed by atoms with E-state index in [4.69, 9.17) is 5.11 Å². The molecule has 0 radical (unpaired) electrons.